The molecular weight excluding hydrogens is 258 g/mol. The number of hydrogen-bond acceptors (Lipinski definition) is 2. The Morgan fingerprint density at radius 2 is 1.76 bits per heavy atom. The van der Waals surface area contributed by atoms with Gasteiger partial charge in [-0.3, -0.25) is 0 Å². The first-order valence-corrected chi connectivity index (χ1v) is 7.49. The van der Waals surface area contributed by atoms with Crippen molar-refractivity contribution in [3.05, 3.63) is 65.7 Å². The first kappa shape index (κ1) is 15.1. The summed E-state index contributed by atoms with van der Waals surface area (Å²) in [6.07, 6.45) is 3.14. The van der Waals surface area contributed by atoms with E-state index in [1.54, 1.807) is 0 Å². The molecule has 2 aromatic rings. The zero-order valence-electron chi connectivity index (χ0n) is 12.5. The highest BCUT2D eigenvalue weighted by Crippen LogP contribution is 2.24. The van der Waals surface area contributed by atoms with Gasteiger partial charge in [-0.05, 0) is 29.7 Å². The van der Waals surface area contributed by atoms with Gasteiger partial charge < -0.3 is 4.74 Å². The third kappa shape index (κ3) is 4.65. The van der Waals surface area contributed by atoms with Crippen LogP contribution in [-0.4, -0.2) is 0 Å². The number of hydrogen-bond donors (Lipinski definition) is 0. The summed E-state index contributed by atoms with van der Waals surface area (Å²) in [5, 5.41) is 9.25. The molecule has 2 nitrogen and oxygen atoms in total. The Morgan fingerprint density at radius 3 is 2.38 bits per heavy atom. The maximum Gasteiger partial charge on any atom is 0.119 e. The van der Waals surface area contributed by atoms with Crippen LogP contribution in [0, 0.1) is 11.3 Å². The molecule has 0 aliphatic rings. The molecule has 1 unspecified atom stereocenters. The minimum absolute atomic E-state index is 0.00637. The average Bonchev–Trinajstić information content (AvgIpc) is 2.56. The van der Waals surface area contributed by atoms with Crippen molar-refractivity contribution in [1.82, 2.24) is 0 Å². The van der Waals surface area contributed by atoms with Gasteiger partial charge in [-0.1, -0.05) is 62.2 Å². The quantitative estimate of drug-likeness (QED) is 0.709. The van der Waals surface area contributed by atoms with Crippen LogP contribution in [-0.2, 0) is 6.61 Å². The van der Waals surface area contributed by atoms with Gasteiger partial charge in [0.1, 0.15) is 12.4 Å². The predicted octanol–water partition coefficient (Wildman–Crippen LogP) is 5.06. The van der Waals surface area contributed by atoms with E-state index in [2.05, 4.69) is 13.0 Å². The highest BCUT2D eigenvalue weighted by molar-refractivity contribution is 5.32. The van der Waals surface area contributed by atoms with Crippen molar-refractivity contribution in [1.29, 1.82) is 5.26 Å². The zero-order valence-corrected chi connectivity index (χ0v) is 12.5. The van der Waals surface area contributed by atoms with Gasteiger partial charge in [0.15, 0.2) is 0 Å². The molecule has 0 spiro atoms. The molecule has 0 saturated carbocycles. The standard InChI is InChI=1S/C19H21NO/c1-2-3-9-18(14-20)17-10-12-19(13-11-17)21-15-16-7-5-4-6-8-16/h4-8,10-13,18H,2-3,9,15H2,1H3. The Balaban J connectivity index is 1.94. The second kappa shape index (κ2) is 8.11. The SMILES string of the molecule is CCCCC(C#N)c1ccc(OCc2ccccc2)cc1. The second-order valence-electron chi connectivity index (χ2n) is 5.17. The fraction of sp³-hybridized carbons (Fsp3) is 0.316. The van der Waals surface area contributed by atoms with Crippen LogP contribution in [0.15, 0.2) is 54.6 Å². The smallest absolute Gasteiger partial charge is 0.119 e. The van der Waals surface area contributed by atoms with E-state index in [-0.39, 0.29) is 5.92 Å². The molecule has 0 N–H and O–H groups in total. The minimum Gasteiger partial charge on any atom is -0.489 e. The minimum atomic E-state index is -0.00637. The summed E-state index contributed by atoms with van der Waals surface area (Å²) in [5.41, 5.74) is 2.23. The van der Waals surface area contributed by atoms with Gasteiger partial charge in [0.25, 0.3) is 0 Å². The van der Waals surface area contributed by atoms with Crippen molar-refractivity contribution >= 4 is 0 Å². The Morgan fingerprint density at radius 1 is 1.05 bits per heavy atom. The monoisotopic (exact) mass is 279 g/mol. The lowest BCUT2D eigenvalue weighted by atomic mass is 9.95. The van der Waals surface area contributed by atoms with Crippen molar-refractivity contribution in [3.8, 4) is 11.8 Å². The highest BCUT2D eigenvalue weighted by atomic mass is 16.5. The number of ether oxygens (including phenoxy) is 1. The second-order valence-corrected chi connectivity index (χ2v) is 5.17. The maximum atomic E-state index is 9.25. The molecule has 2 aromatic carbocycles. The zero-order chi connectivity index (χ0) is 14.9. The van der Waals surface area contributed by atoms with Crippen LogP contribution in [0.25, 0.3) is 0 Å². The number of rotatable bonds is 7. The highest BCUT2D eigenvalue weighted by Gasteiger charge is 2.09. The molecule has 0 radical (unpaired) electrons. The van der Waals surface area contributed by atoms with E-state index in [9.17, 15) is 5.26 Å². The van der Waals surface area contributed by atoms with Gasteiger partial charge in [0.2, 0.25) is 0 Å². The van der Waals surface area contributed by atoms with Gasteiger partial charge in [-0.15, -0.1) is 0 Å². The molecule has 0 saturated heterocycles. The molecule has 0 aliphatic heterocycles. The van der Waals surface area contributed by atoms with Crippen LogP contribution in [0.1, 0.15) is 43.2 Å². The Hall–Kier alpha value is -2.27. The Labute approximate surface area is 127 Å². The van der Waals surface area contributed by atoms with E-state index in [1.807, 2.05) is 54.6 Å². The summed E-state index contributed by atoms with van der Waals surface area (Å²) in [7, 11) is 0. The summed E-state index contributed by atoms with van der Waals surface area (Å²) >= 11 is 0. The van der Waals surface area contributed by atoms with Gasteiger partial charge in [0, 0.05) is 0 Å². The first-order chi connectivity index (χ1) is 10.3. The number of unbranched alkanes of at least 4 members (excludes halogenated alkanes) is 1. The van der Waals surface area contributed by atoms with Crippen LogP contribution < -0.4 is 4.74 Å². The molecule has 0 aromatic heterocycles. The lowest BCUT2D eigenvalue weighted by Gasteiger charge is -2.10. The normalized spacial score (nSPS) is 11.6. The number of nitriles is 1. The van der Waals surface area contributed by atoms with E-state index in [0.717, 1.165) is 36.1 Å². The molecule has 2 heteroatoms. The third-order valence-corrected chi connectivity index (χ3v) is 3.53. The van der Waals surface area contributed by atoms with Gasteiger partial charge in [-0.25, -0.2) is 0 Å². The Kier molecular flexibility index (Phi) is 5.84. The van der Waals surface area contributed by atoms with Crippen molar-refractivity contribution in [2.45, 2.75) is 38.7 Å². The number of benzene rings is 2. The molecule has 21 heavy (non-hydrogen) atoms. The largest absolute Gasteiger partial charge is 0.489 e. The molecule has 0 bridgehead atoms. The molecule has 2 rings (SSSR count). The molecule has 0 aliphatic carbocycles. The topological polar surface area (TPSA) is 33.0 Å². The molecule has 1 atom stereocenters. The van der Waals surface area contributed by atoms with E-state index in [1.165, 1.54) is 0 Å². The van der Waals surface area contributed by atoms with Crippen molar-refractivity contribution < 1.29 is 4.74 Å². The molecule has 0 amide bonds. The molecule has 0 heterocycles. The molecule has 0 fully saturated rings. The molecule has 108 valence electrons. The van der Waals surface area contributed by atoms with E-state index >= 15 is 0 Å². The van der Waals surface area contributed by atoms with Crippen LogP contribution >= 0.6 is 0 Å². The van der Waals surface area contributed by atoms with Crippen LogP contribution in [0.3, 0.4) is 0 Å². The fourth-order valence-electron chi connectivity index (χ4n) is 2.25. The average molecular weight is 279 g/mol. The summed E-state index contributed by atoms with van der Waals surface area (Å²) in [6.45, 7) is 2.71. The number of nitrogens with zero attached hydrogens (tertiary/aromatic N) is 1. The van der Waals surface area contributed by atoms with E-state index in [0.29, 0.717) is 6.61 Å². The van der Waals surface area contributed by atoms with Gasteiger partial charge >= 0.3 is 0 Å². The van der Waals surface area contributed by atoms with Gasteiger partial charge in [-0.2, -0.15) is 5.26 Å². The summed E-state index contributed by atoms with van der Waals surface area (Å²) in [4.78, 5) is 0. The summed E-state index contributed by atoms with van der Waals surface area (Å²) < 4.78 is 5.76. The lowest BCUT2D eigenvalue weighted by molar-refractivity contribution is 0.306. The fourth-order valence-corrected chi connectivity index (χ4v) is 2.25. The van der Waals surface area contributed by atoms with Crippen molar-refractivity contribution in [3.63, 3.8) is 0 Å². The lowest BCUT2D eigenvalue weighted by Crippen LogP contribution is -1.98. The van der Waals surface area contributed by atoms with E-state index in [4.69, 9.17) is 4.74 Å². The van der Waals surface area contributed by atoms with Crippen molar-refractivity contribution in [2.75, 3.05) is 0 Å². The third-order valence-electron chi connectivity index (χ3n) is 3.53. The van der Waals surface area contributed by atoms with E-state index < -0.39 is 0 Å². The van der Waals surface area contributed by atoms with Crippen LogP contribution in [0.5, 0.6) is 5.75 Å². The summed E-state index contributed by atoms with van der Waals surface area (Å²) in [5.74, 6) is 0.836. The van der Waals surface area contributed by atoms with Gasteiger partial charge in [0.05, 0.1) is 12.0 Å². The van der Waals surface area contributed by atoms with Crippen LogP contribution in [0.2, 0.25) is 0 Å². The van der Waals surface area contributed by atoms with Crippen LogP contribution in [0.4, 0.5) is 0 Å². The van der Waals surface area contributed by atoms with Crippen molar-refractivity contribution in [2.24, 2.45) is 0 Å². The maximum absolute atomic E-state index is 9.25. The summed E-state index contributed by atoms with van der Waals surface area (Å²) in [6, 6.07) is 20.4. The molecular formula is C19H21NO. The Bertz CT molecular complexity index is 569. The first-order valence-electron chi connectivity index (χ1n) is 7.49. The predicted molar refractivity (Wildman–Crippen MR) is 85.1 cm³/mol.